The molecule has 0 radical (unpaired) electrons. The Morgan fingerprint density at radius 1 is 1.06 bits per heavy atom. The number of ether oxygens (including phenoxy) is 1. The molecule has 3 atom stereocenters. The standard InChI is InChI=1S/C26H28N4O3/c1-18(33-17-19-6-3-2-4-7-19)24-26(32)30-13-12-29(16-23(30)25(31)28-24)15-20-9-10-22-21(14-20)8-5-11-27-22/h2-11,14,18,23-24H,12-13,15-17H2,1H3,(H,28,31)/t18-,23-,24+/m1/s1. The van der Waals surface area contributed by atoms with Crippen molar-refractivity contribution in [3.63, 3.8) is 0 Å². The zero-order chi connectivity index (χ0) is 22.8. The summed E-state index contributed by atoms with van der Waals surface area (Å²) in [5.41, 5.74) is 3.18. The maximum Gasteiger partial charge on any atom is 0.248 e. The fourth-order valence-electron chi connectivity index (χ4n) is 4.66. The van der Waals surface area contributed by atoms with Crippen LogP contribution in [0.4, 0.5) is 0 Å². The minimum Gasteiger partial charge on any atom is -0.371 e. The summed E-state index contributed by atoms with van der Waals surface area (Å²) < 4.78 is 5.92. The van der Waals surface area contributed by atoms with Crippen LogP contribution in [0.2, 0.25) is 0 Å². The SMILES string of the molecule is C[C@@H](OCc1ccccc1)[C@@H]1NC(=O)[C@H]2CN(Cc3ccc4ncccc4c3)CCN2C1=O. The summed E-state index contributed by atoms with van der Waals surface area (Å²) in [5, 5.41) is 4.02. The van der Waals surface area contributed by atoms with Gasteiger partial charge in [0.15, 0.2) is 0 Å². The Balaban J connectivity index is 1.21. The Labute approximate surface area is 193 Å². The van der Waals surface area contributed by atoms with E-state index in [9.17, 15) is 9.59 Å². The summed E-state index contributed by atoms with van der Waals surface area (Å²) >= 11 is 0. The lowest BCUT2D eigenvalue weighted by Crippen LogP contribution is -2.71. The molecule has 2 fully saturated rings. The number of aromatic nitrogens is 1. The molecule has 2 aliphatic heterocycles. The topological polar surface area (TPSA) is 74.8 Å². The molecule has 170 valence electrons. The number of piperazine rings is 2. The van der Waals surface area contributed by atoms with Gasteiger partial charge in [-0.2, -0.15) is 0 Å². The van der Waals surface area contributed by atoms with E-state index in [0.717, 1.165) is 29.6 Å². The van der Waals surface area contributed by atoms with Crippen molar-refractivity contribution in [2.24, 2.45) is 0 Å². The second kappa shape index (κ2) is 9.29. The number of pyridine rings is 1. The van der Waals surface area contributed by atoms with E-state index in [0.29, 0.717) is 19.7 Å². The van der Waals surface area contributed by atoms with E-state index in [2.05, 4.69) is 33.4 Å². The summed E-state index contributed by atoms with van der Waals surface area (Å²) in [7, 11) is 0. The predicted molar refractivity (Wildman–Crippen MR) is 125 cm³/mol. The van der Waals surface area contributed by atoms with Crippen LogP contribution in [0.5, 0.6) is 0 Å². The molecule has 1 aromatic heterocycles. The van der Waals surface area contributed by atoms with Gasteiger partial charge < -0.3 is 15.0 Å². The van der Waals surface area contributed by atoms with Gasteiger partial charge in [-0.3, -0.25) is 19.5 Å². The molecule has 1 N–H and O–H groups in total. The molecule has 0 unspecified atom stereocenters. The molecule has 2 saturated heterocycles. The van der Waals surface area contributed by atoms with Crippen molar-refractivity contribution in [1.29, 1.82) is 0 Å². The van der Waals surface area contributed by atoms with Gasteiger partial charge in [0.2, 0.25) is 11.8 Å². The van der Waals surface area contributed by atoms with Crippen molar-refractivity contribution in [2.75, 3.05) is 19.6 Å². The van der Waals surface area contributed by atoms with Gasteiger partial charge in [-0.05, 0) is 36.2 Å². The summed E-state index contributed by atoms with van der Waals surface area (Å²) in [6, 6.07) is 18.9. The molecular weight excluding hydrogens is 416 g/mol. The lowest BCUT2D eigenvalue weighted by molar-refractivity contribution is -0.157. The largest absolute Gasteiger partial charge is 0.371 e. The van der Waals surface area contributed by atoms with Gasteiger partial charge in [0.25, 0.3) is 0 Å². The van der Waals surface area contributed by atoms with Crippen molar-refractivity contribution in [3.05, 3.63) is 78.0 Å². The quantitative estimate of drug-likeness (QED) is 0.632. The van der Waals surface area contributed by atoms with Crippen molar-refractivity contribution in [1.82, 2.24) is 20.1 Å². The van der Waals surface area contributed by atoms with Gasteiger partial charge in [-0.25, -0.2) is 0 Å². The van der Waals surface area contributed by atoms with Gasteiger partial charge in [0, 0.05) is 37.8 Å². The lowest BCUT2D eigenvalue weighted by atomic mass is 10.0. The number of carbonyl (C=O) groups is 2. The van der Waals surface area contributed by atoms with E-state index in [-0.39, 0.29) is 11.8 Å². The minimum absolute atomic E-state index is 0.0587. The van der Waals surface area contributed by atoms with Crippen LogP contribution in [0.1, 0.15) is 18.1 Å². The monoisotopic (exact) mass is 444 g/mol. The molecule has 0 saturated carbocycles. The van der Waals surface area contributed by atoms with E-state index in [1.165, 1.54) is 5.56 Å². The molecule has 5 rings (SSSR count). The summed E-state index contributed by atoms with van der Waals surface area (Å²) in [6.07, 6.45) is 1.38. The van der Waals surface area contributed by atoms with Crippen molar-refractivity contribution in [3.8, 4) is 0 Å². The number of nitrogens with zero attached hydrogens (tertiary/aromatic N) is 3. The zero-order valence-electron chi connectivity index (χ0n) is 18.7. The highest BCUT2D eigenvalue weighted by atomic mass is 16.5. The molecule has 0 aliphatic carbocycles. The molecule has 3 heterocycles. The van der Waals surface area contributed by atoms with Crippen LogP contribution in [0, 0.1) is 0 Å². The Bertz CT molecular complexity index is 1150. The van der Waals surface area contributed by atoms with Crippen LogP contribution in [-0.2, 0) is 27.5 Å². The summed E-state index contributed by atoms with van der Waals surface area (Å²) in [6.45, 7) is 4.77. The van der Waals surface area contributed by atoms with Crippen LogP contribution in [-0.4, -0.2) is 64.4 Å². The maximum absolute atomic E-state index is 13.2. The third-order valence-electron chi connectivity index (χ3n) is 6.51. The maximum atomic E-state index is 13.2. The first-order valence-corrected chi connectivity index (χ1v) is 11.4. The fourth-order valence-corrected chi connectivity index (χ4v) is 4.66. The molecule has 0 bridgehead atoms. The molecule has 2 aromatic carbocycles. The van der Waals surface area contributed by atoms with Crippen molar-refractivity contribution in [2.45, 2.75) is 38.3 Å². The van der Waals surface area contributed by atoms with Gasteiger partial charge >= 0.3 is 0 Å². The number of hydrogen-bond acceptors (Lipinski definition) is 5. The number of nitrogens with one attached hydrogen (secondary N) is 1. The molecule has 33 heavy (non-hydrogen) atoms. The average molecular weight is 445 g/mol. The van der Waals surface area contributed by atoms with Gasteiger partial charge in [0.05, 0.1) is 18.2 Å². The summed E-state index contributed by atoms with van der Waals surface area (Å²) in [4.78, 5) is 34.5. The average Bonchev–Trinajstić information content (AvgIpc) is 2.85. The highest BCUT2D eigenvalue weighted by molar-refractivity contribution is 5.97. The second-order valence-corrected chi connectivity index (χ2v) is 8.80. The highest BCUT2D eigenvalue weighted by Crippen LogP contribution is 2.21. The van der Waals surface area contributed by atoms with Crippen LogP contribution < -0.4 is 5.32 Å². The first-order valence-electron chi connectivity index (χ1n) is 11.4. The molecule has 2 amide bonds. The number of amides is 2. The highest BCUT2D eigenvalue weighted by Gasteiger charge is 2.45. The number of benzene rings is 2. The van der Waals surface area contributed by atoms with Gasteiger partial charge in [0.1, 0.15) is 12.1 Å². The van der Waals surface area contributed by atoms with Crippen LogP contribution in [0.3, 0.4) is 0 Å². The minimum atomic E-state index is -0.656. The third-order valence-corrected chi connectivity index (χ3v) is 6.51. The van der Waals surface area contributed by atoms with Gasteiger partial charge in [-0.1, -0.05) is 42.5 Å². The predicted octanol–water partition coefficient (Wildman–Crippen LogP) is 2.35. The third kappa shape index (κ3) is 4.60. The Morgan fingerprint density at radius 3 is 2.76 bits per heavy atom. The van der Waals surface area contributed by atoms with Crippen LogP contribution >= 0.6 is 0 Å². The molecular formula is C26H28N4O3. The van der Waals surface area contributed by atoms with E-state index in [4.69, 9.17) is 4.74 Å². The molecule has 2 aliphatic rings. The number of hydrogen-bond donors (Lipinski definition) is 1. The smallest absolute Gasteiger partial charge is 0.248 e. The van der Waals surface area contributed by atoms with Crippen LogP contribution in [0.15, 0.2) is 66.9 Å². The second-order valence-electron chi connectivity index (χ2n) is 8.80. The Hall–Kier alpha value is -3.29. The molecule has 0 spiro atoms. The fraction of sp³-hybridized carbons (Fsp3) is 0.346. The van der Waals surface area contributed by atoms with Crippen molar-refractivity contribution < 1.29 is 14.3 Å². The van der Waals surface area contributed by atoms with Crippen LogP contribution in [0.25, 0.3) is 10.9 Å². The van der Waals surface area contributed by atoms with E-state index in [1.807, 2.05) is 49.4 Å². The van der Waals surface area contributed by atoms with E-state index < -0.39 is 18.2 Å². The Morgan fingerprint density at radius 2 is 1.91 bits per heavy atom. The molecule has 7 nitrogen and oxygen atoms in total. The van der Waals surface area contributed by atoms with Crippen molar-refractivity contribution >= 4 is 22.7 Å². The Kier molecular flexibility index (Phi) is 6.07. The van der Waals surface area contributed by atoms with E-state index >= 15 is 0 Å². The number of fused-ring (bicyclic) bond motifs is 2. The first-order chi connectivity index (χ1) is 16.1. The summed E-state index contributed by atoms with van der Waals surface area (Å²) in [5.74, 6) is -0.168. The normalized spacial score (nSPS) is 22.2. The number of carbonyl (C=O) groups excluding carboxylic acids is 2. The lowest BCUT2D eigenvalue weighted by Gasteiger charge is -2.46. The molecule has 7 heteroatoms. The first kappa shape index (κ1) is 21.6. The zero-order valence-corrected chi connectivity index (χ0v) is 18.7. The van der Waals surface area contributed by atoms with Gasteiger partial charge in [-0.15, -0.1) is 0 Å². The number of rotatable bonds is 6. The molecule has 3 aromatic rings. The van der Waals surface area contributed by atoms with E-state index in [1.54, 1.807) is 11.1 Å².